The predicted octanol–water partition coefficient (Wildman–Crippen LogP) is 5.81. The molecule has 90 heavy (non-hydrogen) atoms. The zero-order chi connectivity index (χ0) is 66.5. The molecule has 496 valence electrons. The topological polar surface area (TPSA) is 316 Å². The highest BCUT2D eigenvalue weighted by molar-refractivity contribution is 6.12. The van der Waals surface area contributed by atoms with E-state index in [9.17, 15) is 53.6 Å². The van der Waals surface area contributed by atoms with Crippen LogP contribution in [0.2, 0.25) is 0 Å². The summed E-state index contributed by atoms with van der Waals surface area (Å²) in [5.74, 6) is -4.59. The van der Waals surface area contributed by atoms with Gasteiger partial charge in [-0.25, -0.2) is 9.36 Å². The van der Waals surface area contributed by atoms with Crippen molar-refractivity contribution in [3.8, 4) is 5.75 Å². The molecule has 0 spiro atoms. The molecule has 0 bridgehead atoms. The molecule has 26 heteroatoms. The van der Waals surface area contributed by atoms with E-state index in [1.807, 2.05) is 32.0 Å². The van der Waals surface area contributed by atoms with Crippen LogP contribution < -0.4 is 26.0 Å². The van der Waals surface area contributed by atoms with E-state index in [2.05, 4.69) is 26.3 Å². The molecule has 2 aliphatic rings. The average Bonchev–Trinajstić information content (AvgIpc) is 1.35. The van der Waals surface area contributed by atoms with Crippen LogP contribution in [0.3, 0.4) is 0 Å². The molecule has 2 aromatic carbocycles. The molecule has 1 fully saturated rings. The summed E-state index contributed by atoms with van der Waals surface area (Å²) in [5, 5.41) is 34.2. The molecule has 1 saturated heterocycles. The van der Waals surface area contributed by atoms with Crippen LogP contribution in [0.25, 0.3) is 0 Å². The number of methoxy groups -OCH3 is 2. The van der Waals surface area contributed by atoms with E-state index in [1.54, 1.807) is 88.7 Å². The van der Waals surface area contributed by atoms with Crippen LogP contribution in [0, 0.1) is 33.8 Å². The number of unbranched alkanes of at least 4 members (excludes halogenated alkanes) is 3. The Hall–Kier alpha value is -7.81. The van der Waals surface area contributed by atoms with Crippen molar-refractivity contribution in [2.75, 3.05) is 59.8 Å². The number of amides is 8. The number of hydrogen-bond donors (Lipinski definition) is 5. The average molecular weight is 1260 g/mol. The van der Waals surface area contributed by atoms with Gasteiger partial charge < -0.3 is 65.2 Å². The number of anilines is 1. The molecule has 26 nitrogen and oxygen atoms in total. The second-order valence-electron chi connectivity index (χ2n) is 24.1. The van der Waals surface area contributed by atoms with Gasteiger partial charge in [-0.3, -0.25) is 43.4 Å². The lowest BCUT2D eigenvalue weighted by Crippen LogP contribution is -2.60. The Morgan fingerprint density at radius 2 is 1.53 bits per heavy atom. The second-order valence-corrected chi connectivity index (χ2v) is 24.1. The van der Waals surface area contributed by atoms with Crippen molar-refractivity contribution < 1.29 is 67.3 Å². The third kappa shape index (κ3) is 19.6. The molecule has 0 unspecified atom stereocenters. The minimum absolute atomic E-state index is 0.0740. The van der Waals surface area contributed by atoms with E-state index in [-0.39, 0.29) is 73.1 Å². The van der Waals surface area contributed by atoms with Crippen molar-refractivity contribution in [2.24, 2.45) is 30.7 Å². The van der Waals surface area contributed by atoms with Gasteiger partial charge in [-0.15, -0.1) is 0 Å². The van der Waals surface area contributed by atoms with Crippen molar-refractivity contribution in [3.05, 3.63) is 93.8 Å². The smallest absolute Gasteiger partial charge is 0.434 e. The summed E-state index contributed by atoms with van der Waals surface area (Å²) in [6.45, 7) is 15.3. The fraction of sp³-hybridized carbons (Fsp3) is 0.609. The number of nitro groups is 1. The molecule has 1 aromatic heterocycles. The molecule has 3 heterocycles. The van der Waals surface area contributed by atoms with Gasteiger partial charge in [0.15, 0.2) is 5.69 Å². The monoisotopic (exact) mass is 1260 g/mol. The van der Waals surface area contributed by atoms with Crippen molar-refractivity contribution in [3.63, 3.8) is 0 Å². The van der Waals surface area contributed by atoms with Crippen LogP contribution in [-0.4, -0.2) is 184 Å². The number of likely N-dealkylation sites (N-methyl/N-ethyl adjacent to an activating group) is 2. The standard InChI is InChI=1S/C64H95N11O15/c1-14-41(6)57(50(87-12)34-54(79)73-32-22-25-48(73)59(88-13)42(7)60(81)67-43(8)58(80)45-23-18-17-19-24-45)71(10)62(83)55(39(2)3)69-61(82)56(40(4)5)72(11)64(84)90-37-44-26-27-49(89-38-46-35-66-63(70(46)9)75(85)86)47(33-44)68-51(76)36-65-30-20-15-16-21-31-74-52(77)28-29-53(74)78/h17-19,23-24,26-29,33,35,39-43,48,50,55-59,65,80H,14-16,20-22,25,30-32,34,36-38H2,1-13H3,(H,67,81)(H,68,76)(H,69,82)/t41-,42+,43+,48-,50+,55-,56-,57-,58+,59+/m0/s1. The second kappa shape index (κ2) is 35.0. The molecular formula is C64H95N11O15. The number of aromatic nitrogens is 2. The summed E-state index contributed by atoms with van der Waals surface area (Å²) >= 11 is 0. The molecule has 2 aliphatic heterocycles. The number of aliphatic hydroxyl groups excluding tert-OH is 1. The number of nitrogens with one attached hydrogen (secondary N) is 4. The summed E-state index contributed by atoms with van der Waals surface area (Å²) < 4.78 is 25.1. The summed E-state index contributed by atoms with van der Waals surface area (Å²) in [7, 11) is 7.55. The SMILES string of the molecule is CC[C@H](C)[C@@H]([C@@H](CC(=O)N1CCC[C@H]1[C@H](OC)[C@@H](C)C(=O)N[C@H](C)[C@@H](O)c1ccccc1)OC)N(C)C(=O)[C@@H](NC(=O)[C@H](C(C)C)N(C)C(=O)OCc1ccc(OCc2cnc([N+](=O)[O-])n2C)c(NC(=O)CNCCCCCCN2C(=O)C=CC2=O)c1)C(C)C. The molecule has 0 radical (unpaired) electrons. The third-order valence-electron chi connectivity index (χ3n) is 17.0. The quantitative estimate of drug-likeness (QED) is 0.0198. The first-order valence-electron chi connectivity index (χ1n) is 31.1. The van der Waals surface area contributed by atoms with Gasteiger partial charge in [-0.1, -0.05) is 109 Å². The number of hydrogen-bond acceptors (Lipinski definition) is 17. The molecule has 0 aliphatic carbocycles. The minimum Gasteiger partial charge on any atom is -0.484 e. The van der Waals surface area contributed by atoms with E-state index >= 15 is 0 Å². The predicted molar refractivity (Wildman–Crippen MR) is 335 cm³/mol. The van der Waals surface area contributed by atoms with Gasteiger partial charge in [0.1, 0.15) is 37.2 Å². The number of rotatable bonds is 36. The highest BCUT2D eigenvalue weighted by Crippen LogP contribution is 2.32. The van der Waals surface area contributed by atoms with Crippen molar-refractivity contribution in [1.29, 1.82) is 0 Å². The maximum atomic E-state index is 14.8. The van der Waals surface area contributed by atoms with Gasteiger partial charge in [-0.2, -0.15) is 0 Å². The van der Waals surface area contributed by atoms with Crippen molar-refractivity contribution >= 4 is 59.1 Å². The van der Waals surface area contributed by atoms with Crippen LogP contribution in [-0.2, 0) is 68.0 Å². The Morgan fingerprint density at radius 1 is 0.856 bits per heavy atom. The number of nitrogens with zero attached hydrogens (tertiary/aromatic N) is 7. The molecular weight excluding hydrogens is 1160 g/mol. The van der Waals surface area contributed by atoms with Gasteiger partial charge in [-0.05, 0) is 85.1 Å². The Morgan fingerprint density at radius 3 is 2.14 bits per heavy atom. The summed E-state index contributed by atoms with van der Waals surface area (Å²) in [6.07, 6.45) is 5.33. The lowest BCUT2D eigenvalue weighted by Gasteiger charge is -2.41. The van der Waals surface area contributed by atoms with E-state index in [1.165, 1.54) is 56.1 Å². The van der Waals surface area contributed by atoms with Crippen LogP contribution in [0.15, 0.2) is 66.9 Å². The van der Waals surface area contributed by atoms with E-state index in [0.717, 1.165) is 24.2 Å². The normalized spacial score (nSPS) is 17.0. The Labute approximate surface area is 528 Å². The number of carbonyl (C=O) groups is 8. The number of carbonyl (C=O) groups excluding carboxylic acids is 8. The van der Waals surface area contributed by atoms with Crippen LogP contribution in [0.4, 0.5) is 16.4 Å². The molecule has 5 rings (SSSR count). The van der Waals surface area contributed by atoms with Gasteiger partial charge in [0.2, 0.25) is 29.5 Å². The van der Waals surface area contributed by atoms with E-state index in [0.29, 0.717) is 62.1 Å². The van der Waals surface area contributed by atoms with Gasteiger partial charge in [0.05, 0.1) is 68.1 Å². The molecule has 3 aromatic rings. The highest BCUT2D eigenvalue weighted by Gasteiger charge is 2.44. The Bertz CT molecular complexity index is 2940. The fourth-order valence-corrected chi connectivity index (χ4v) is 11.6. The molecule has 10 atom stereocenters. The number of benzene rings is 2. The van der Waals surface area contributed by atoms with Crippen molar-refractivity contribution in [1.82, 2.24) is 45.1 Å². The van der Waals surface area contributed by atoms with Gasteiger partial charge in [0, 0.05) is 53.6 Å². The molecule has 0 saturated carbocycles. The fourth-order valence-electron chi connectivity index (χ4n) is 11.6. The van der Waals surface area contributed by atoms with Crippen LogP contribution in [0.1, 0.15) is 130 Å². The van der Waals surface area contributed by atoms with Crippen LogP contribution in [0.5, 0.6) is 5.75 Å². The summed E-state index contributed by atoms with van der Waals surface area (Å²) in [6, 6.07) is 9.91. The largest absolute Gasteiger partial charge is 0.484 e. The lowest BCUT2D eigenvalue weighted by molar-refractivity contribution is -0.396. The maximum Gasteiger partial charge on any atom is 0.434 e. The zero-order valence-electron chi connectivity index (χ0n) is 54.5. The zero-order valence-corrected chi connectivity index (χ0v) is 54.5. The first-order valence-corrected chi connectivity index (χ1v) is 31.1. The number of imide groups is 1. The number of ether oxygens (including phenoxy) is 4. The Balaban J connectivity index is 1.22. The summed E-state index contributed by atoms with van der Waals surface area (Å²) in [5.41, 5.74) is 1.69. The number of likely N-dealkylation sites (tertiary alicyclic amines) is 1. The van der Waals surface area contributed by atoms with Gasteiger partial charge in [0.25, 0.3) is 11.8 Å². The third-order valence-corrected chi connectivity index (χ3v) is 17.0. The number of aliphatic hydroxyl groups is 1. The van der Waals surface area contributed by atoms with Gasteiger partial charge >= 0.3 is 12.0 Å². The van der Waals surface area contributed by atoms with Crippen LogP contribution >= 0.6 is 0 Å². The first-order chi connectivity index (χ1) is 42.8. The van der Waals surface area contributed by atoms with E-state index in [4.69, 9.17) is 18.9 Å². The summed E-state index contributed by atoms with van der Waals surface area (Å²) in [4.78, 5) is 129. The maximum absolute atomic E-state index is 14.8. The Kier molecular flexibility index (Phi) is 28.3. The number of imidazole rings is 1. The minimum atomic E-state index is -1.11. The lowest BCUT2D eigenvalue weighted by atomic mass is 9.89. The van der Waals surface area contributed by atoms with Crippen molar-refractivity contribution in [2.45, 2.75) is 168 Å². The molecule has 5 N–H and O–H groups in total. The molecule has 8 amide bonds. The highest BCUT2D eigenvalue weighted by atomic mass is 16.6. The first kappa shape index (κ1) is 72.9. The van der Waals surface area contributed by atoms with E-state index < -0.39 is 95.0 Å².